The fourth-order valence-electron chi connectivity index (χ4n) is 1.45. The first-order chi connectivity index (χ1) is 7.50. The summed E-state index contributed by atoms with van der Waals surface area (Å²) in [6.07, 6.45) is 0. The van der Waals surface area contributed by atoms with Gasteiger partial charge in [-0.2, -0.15) is 8.42 Å². The second-order valence-electron chi connectivity index (χ2n) is 4.98. The summed E-state index contributed by atoms with van der Waals surface area (Å²) in [7, 11) is -4.28. The molecule has 3 N–H and O–H groups in total. The van der Waals surface area contributed by atoms with Gasteiger partial charge in [0.15, 0.2) is 0 Å². The summed E-state index contributed by atoms with van der Waals surface area (Å²) in [5, 5.41) is 12.7. The van der Waals surface area contributed by atoms with Crippen LogP contribution in [0.1, 0.15) is 26.3 Å². The Morgan fingerprint density at radius 2 is 1.76 bits per heavy atom. The Hall–Kier alpha value is -1.27. The highest BCUT2D eigenvalue weighted by molar-refractivity contribution is 7.85. The van der Waals surface area contributed by atoms with Gasteiger partial charge in [-0.15, -0.1) is 0 Å². The van der Waals surface area contributed by atoms with Gasteiger partial charge in [-0.25, -0.2) is 0 Å². The van der Waals surface area contributed by atoms with E-state index in [2.05, 4.69) is 5.32 Å². The van der Waals surface area contributed by atoms with E-state index in [1.807, 2.05) is 20.8 Å². The number of hydrogen-bond acceptors (Lipinski definition) is 4. The van der Waals surface area contributed by atoms with Gasteiger partial charge in [-0.1, -0.05) is 0 Å². The van der Waals surface area contributed by atoms with Crippen LogP contribution in [0.5, 0.6) is 5.75 Å². The summed E-state index contributed by atoms with van der Waals surface area (Å²) in [5.74, 6) is -0.0511. The van der Waals surface area contributed by atoms with Crippen LogP contribution in [0.4, 0.5) is 5.69 Å². The smallest absolute Gasteiger partial charge is 0.294 e. The largest absolute Gasteiger partial charge is 0.506 e. The molecule has 0 amide bonds. The minimum absolute atomic E-state index is 0.0511. The molecular weight excluding hydrogens is 242 g/mol. The zero-order valence-corrected chi connectivity index (χ0v) is 11.1. The molecular formula is C11H17NO4S. The van der Waals surface area contributed by atoms with Gasteiger partial charge in [0.1, 0.15) is 5.75 Å². The molecule has 0 atom stereocenters. The van der Waals surface area contributed by atoms with E-state index in [0.29, 0.717) is 5.56 Å². The molecule has 1 rings (SSSR count). The standard InChI is InChI=1S/C11H17NO4S/c1-7-5-9(13)8(12-11(2,3)4)6-10(7)17(14,15)16/h5-6,12-13H,1-4H3,(H,14,15,16). The third-order valence-corrected chi connectivity index (χ3v) is 3.08. The molecule has 5 nitrogen and oxygen atoms in total. The second-order valence-corrected chi connectivity index (χ2v) is 6.37. The Morgan fingerprint density at radius 1 is 1.24 bits per heavy atom. The number of benzene rings is 1. The number of hydrogen-bond donors (Lipinski definition) is 3. The average Bonchev–Trinajstić information content (AvgIpc) is 2.05. The average molecular weight is 259 g/mol. The van der Waals surface area contributed by atoms with Crippen LogP contribution in [0.25, 0.3) is 0 Å². The van der Waals surface area contributed by atoms with Crippen LogP contribution in [-0.2, 0) is 10.1 Å². The van der Waals surface area contributed by atoms with E-state index in [4.69, 9.17) is 4.55 Å². The quantitative estimate of drug-likeness (QED) is 0.559. The summed E-state index contributed by atoms with van der Waals surface area (Å²) < 4.78 is 31.3. The van der Waals surface area contributed by atoms with E-state index in [9.17, 15) is 13.5 Å². The van der Waals surface area contributed by atoms with Crippen LogP contribution >= 0.6 is 0 Å². The van der Waals surface area contributed by atoms with Gasteiger partial charge in [-0.3, -0.25) is 4.55 Å². The molecule has 0 unspecified atom stereocenters. The molecule has 0 saturated carbocycles. The van der Waals surface area contributed by atoms with E-state index in [0.717, 1.165) is 0 Å². The third kappa shape index (κ3) is 3.61. The lowest BCUT2D eigenvalue weighted by Crippen LogP contribution is -2.26. The first kappa shape index (κ1) is 13.8. The summed E-state index contributed by atoms with van der Waals surface area (Å²) >= 11 is 0. The molecule has 6 heteroatoms. The minimum Gasteiger partial charge on any atom is -0.506 e. The summed E-state index contributed by atoms with van der Waals surface area (Å²) in [6, 6.07) is 2.53. The molecule has 0 aliphatic carbocycles. The van der Waals surface area contributed by atoms with Crippen molar-refractivity contribution in [3.8, 4) is 5.75 Å². The van der Waals surface area contributed by atoms with Crippen molar-refractivity contribution in [3.63, 3.8) is 0 Å². The number of rotatable bonds is 2. The van der Waals surface area contributed by atoms with Gasteiger partial charge < -0.3 is 10.4 Å². The maximum Gasteiger partial charge on any atom is 0.294 e. The monoisotopic (exact) mass is 259 g/mol. The molecule has 0 aliphatic rings. The Kier molecular flexibility index (Phi) is 3.40. The minimum atomic E-state index is -4.28. The van der Waals surface area contributed by atoms with E-state index in [-0.39, 0.29) is 21.9 Å². The van der Waals surface area contributed by atoms with Gasteiger partial charge in [0.2, 0.25) is 0 Å². The predicted molar refractivity (Wildman–Crippen MR) is 66.0 cm³/mol. The lowest BCUT2D eigenvalue weighted by molar-refractivity contribution is 0.470. The molecule has 0 aromatic heterocycles. The third-order valence-electron chi connectivity index (χ3n) is 2.08. The van der Waals surface area contributed by atoms with Crippen LogP contribution in [0.15, 0.2) is 17.0 Å². The molecule has 0 saturated heterocycles. The van der Waals surface area contributed by atoms with E-state index in [1.54, 1.807) is 0 Å². The summed E-state index contributed by atoms with van der Waals surface area (Å²) in [5.41, 5.74) is 0.239. The molecule has 0 bridgehead atoms. The topological polar surface area (TPSA) is 86.6 Å². The van der Waals surface area contributed by atoms with Crippen molar-refractivity contribution in [3.05, 3.63) is 17.7 Å². The fourth-order valence-corrected chi connectivity index (χ4v) is 2.19. The Bertz CT molecular complexity index is 529. The number of anilines is 1. The van der Waals surface area contributed by atoms with Gasteiger partial charge in [0, 0.05) is 5.54 Å². The summed E-state index contributed by atoms with van der Waals surface area (Å²) in [6.45, 7) is 7.13. The van der Waals surface area contributed by atoms with E-state index < -0.39 is 10.1 Å². The molecule has 96 valence electrons. The van der Waals surface area contributed by atoms with Crippen LogP contribution in [-0.4, -0.2) is 23.6 Å². The number of aryl methyl sites for hydroxylation is 1. The lowest BCUT2D eigenvalue weighted by atomic mass is 10.1. The SMILES string of the molecule is Cc1cc(O)c(NC(C)(C)C)cc1S(=O)(=O)O. The van der Waals surface area contributed by atoms with Gasteiger partial charge in [0.05, 0.1) is 10.6 Å². The Morgan fingerprint density at radius 3 is 2.18 bits per heavy atom. The highest BCUT2D eigenvalue weighted by atomic mass is 32.2. The van der Waals surface area contributed by atoms with Gasteiger partial charge in [0.25, 0.3) is 10.1 Å². The van der Waals surface area contributed by atoms with Crippen molar-refractivity contribution < 1.29 is 18.1 Å². The van der Waals surface area contributed by atoms with Crippen LogP contribution in [0, 0.1) is 6.92 Å². The Labute approximate surface area is 101 Å². The normalized spacial score (nSPS) is 12.5. The zero-order chi connectivity index (χ0) is 13.4. The molecule has 0 fully saturated rings. The molecule has 0 heterocycles. The maximum atomic E-state index is 11.1. The number of nitrogens with one attached hydrogen (secondary N) is 1. The zero-order valence-electron chi connectivity index (χ0n) is 10.3. The Balaban J connectivity index is 3.35. The molecule has 0 aliphatic heterocycles. The van der Waals surface area contributed by atoms with Crippen molar-refractivity contribution in [2.75, 3.05) is 5.32 Å². The van der Waals surface area contributed by atoms with Crippen LogP contribution in [0.3, 0.4) is 0 Å². The van der Waals surface area contributed by atoms with Gasteiger partial charge >= 0.3 is 0 Å². The second kappa shape index (κ2) is 4.19. The van der Waals surface area contributed by atoms with Crippen molar-refractivity contribution in [1.29, 1.82) is 0 Å². The maximum absolute atomic E-state index is 11.1. The first-order valence-electron chi connectivity index (χ1n) is 5.10. The summed E-state index contributed by atoms with van der Waals surface area (Å²) in [4.78, 5) is -0.206. The number of phenols is 1. The fraction of sp³-hybridized carbons (Fsp3) is 0.455. The molecule has 1 aromatic rings. The molecule has 0 radical (unpaired) electrons. The molecule has 17 heavy (non-hydrogen) atoms. The highest BCUT2D eigenvalue weighted by Crippen LogP contribution is 2.31. The van der Waals surface area contributed by atoms with Crippen LogP contribution in [0.2, 0.25) is 0 Å². The van der Waals surface area contributed by atoms with E-state index in [1.165, 1.54) is 19.1 Å². The number of phenolic OH excluding ortho intramolecular Hbond substituents is 1. The molecule has 0 spiro atoms. The predicted octanol–water partition coefficient (Wildman–Crippen LogP) is 2.16. The van der Waals surface area contributed by atoms with Crippen molar-refractivity contribution in [1.82, 2.24) is 0 Å². The first-order valence-corrected chi connectivity index (χ1v) is 6.54. The van der Waals surface area contributed by atoms with Crippen molar-refractivity contribution in [2.45, 2.75) is 38.1 Å². The van der Waals surface area contributed by atoms with Crippen molar-refractivity contribution in [2.24, 2.45) is 0 Å². The number of aromatic hydroxyl groups is 1. The van der Waals surface area contributed by atoms with Gasteiger partial charge in [-0.05, 0) is 45.4 Å². The lowest BCUT2D eigenvalue weighted by Gasteiger charge is -2.23. The molecule has 1 aromatic carbocycles. The van der Waals surface area contributed by atoms with Crippen molar-refractivity contribution >= 4 is 15.8 Å². The van der Waals surface area contributed by atoms with E-state index >= 15 is 0 Å². The highest BCUT2D eigenvalue weighted by Gasteiger charge is 2.19. The van der Waals surface area contributed by atoms with Crippen LogP contribution < -0.4 is 5.32 Å².